The van der Waals surface area contributed by atoms with Crippen LogP contribution in [0.15, 0.2) is 28.7 Å². The van der Waals surface area contributed by atoms with Crippen molar-refractivity contribution >= 4 is 16.9 Å². The number of benzene rings is 1. The zero-order valence-electron chi connectivity index (χ0n) is 11.6. The lowest BCUT2D eigenvalue weighted by Gasteiger charge is -2.34. The fraction of sp³-hybridized carbons (Fsp3) is 0.400. The molecule has 1 aliphatic heterocycles. The molecule has 20 heavy (non-hydrogen) atoms. The summed E-state index contributed by atoms with van der Waals surface area (Å²) in [7, 11) is 0. The molecule has 5 nitrogen and oxygen atoms in total. The molecule has 0 aliphatic carbocycles. The number of hydrogen-bond donors (Lipinski definition) is 2. The molecule has 0 radical (unpaired) electrons. The third kappa shape index (κ3) is 2.30. The first kappa shape index (κ1) is 13.1. The average molecular weight is 273 g/mol. The molecule has 3 rings (SSSR count). The van der Waals surface area contributed by atoms with Crippen LogP contribution in [0.5, 0.6) is 0 Å². The van der Waals surface area contributed by atoms with Gasteiger partial charge in [-0.3, -0.25) is 4.79 Å². The van der Waals surface area contributed by atoms with Crippen LogP contribution >= 0.6 is 0 Å². The second-order valence-corrected chi connectivity index (χ2v) is 5.24. The van der Waals surface area contributed by atoms with E-state index in [9.17, 15) is 4.79 Å². The first-order valence-corrected chi connectivity index (χ1v) is 6.91. The van der Waals surface area contributed by atoms with Gasteiger partial charge in [0, 0.05) is 31.6 Å². The molecule has 2 heterocycles. The third-order valence-electron chi connectivity index (χ3n) is 3.77. The van der Waals surface area contributed by atoms with E-state index < -0.39 is 0 Å². The molecule has 0 saturated carbocycles. The number of rotatable bonds is 2. The SMILES string of the molecule is Cc1ccc2oc(C(=O)N3CCNCC3CN)cc2c1. The Hall–Kier alpha value is -1.85. The maximum absolute atomic E-state index is 12.6. The van der Waals surface area contributed by atoms with Crippen LogP contribution in [0, 0.1) is 6.92 Å². The molecule has 1 fully saturated rings. The molecular formula is C15H19N3O2. The molecule has 1 amide bonds. The monoisotopic (exact) mass is 273 g/mol. The molecule has 1 aromatic heterocycles. The topological polar surface area (TPSA) is 71.5 Å². The van der Waals surface area contributed by atoms with Crippen LogP contribution in [0.2, 0.25) is 0 Å². The molecule has 1 aliphatic rings. The fourth-order valence-corrected chi connectivity index (χ4v) is 2.65. The van der Waals surface area contributed by atoms with Gasteiger partial charge in [0.15, 0.2) is 5.76 Å². The Morgan fingerprint density at radius 2 is 2.35 bits per heavy atom. The number of furan rings is 1. The summed E-state index contributed by atoms with van der Waals surface area (Å²) in [5.74, 6) is 0.321. The van der Waals surface area contributed by atoms with Gasteiger partial charge in [-0.05, 0) is 25.1 Å². The van der Waals surface area contributed by atoms with E-state index in [-0.39, 0.29) is 11.9 Å². The molecule has 0 bridgehead atoms. The smallest absolute Gasteiger partial charge is 0.289 e. The second kappa shape index (κ2) is 5.26. The maximum atomic E-state index is 12.6. The minimum absolute atomic E-state index is 0.0335. The van der Waals surface area contributed by atoms with Gasteiger partial charge in [0.1, 0.15) is 5.58 Å². The van der Waals surface area contributed by atoms with E-state index in [0.717, 1.165) is 29.6 Å². The number of piperazine rings is 1. The van der Waals surface area contributed by atoms with Crippen LogP contribution in [0.25, 0.3) is 11.0 Å². The molecule has 2 aromatic rings. The molecule has 106 valence electrons. The number of hydrogen-bond acceptors (Lipinski definition) is 4. The van der Waals surface area contributed by atoms with Crippen molar-refractivity contribution in [3.63, 3.8) is 0 Å². The van der Waals surface area contributed by atoms with Crippen LogP contribution in [-0.2, 0) is 0 Å². The standard InChI is InChI=1S/C15H19N3O2/c1-10-2-3-13-11(6-10)7-14(20-13)15(19)18-5-4-17-9-12(18)8-16/h2-3,6-7,12,17H,4-5,8-9,16H2,1H3. The van der Waals surface area contributed by atoms with Crippen molar-refractivity contribution < 1.29 is 9.21 Å². The number of aryl methyl sites for hydroxylation is 1. The van der Waals surface area contributed by atoms with Gasteiger partial charge in [-0.2, -0.15) is 0 Å². The van der Waals surface area contributed by atoms with E-state index in [1.807, 2.05) is 31.2 Å². The van der Waals surface area contributed by atoms with Crippen molar-refractivity contribution in [1.29, 1.82) is 0 Å². The van der Waals surface area contributed by atoms with E-state index in [0.29, 0.717) is 18.8 Å². The summed E-state index contributed by atoms with van der Waals surface area (Å²) in [4.78, 5) is 14.4. The maximum Gasteiger partial charge on any atom is 0.289 e. The van der Waals surface area contributed by atoms with E-state index in [2.05, 4.69) is 5.32 Å². The zero-order valence-corrected chi connectivity index (χ0v) is 11.6. The summed E-state index contributed by atoms with van der Waals surface area (Å²) >= 11 is 0. The minimum atomic E-state index is -0.0733. The number of amides is 1. The molecule has 1 saturated heterocycles. The molecule has 3 N–H and O–H groups in total. The number of carbonyl (C=O) groups is 1. The van der Waals surface area contributed by atoms with Gasteiger partial charge in [-0.25, -0.2) is 0 Å². The zero-order chi connectivity index (χ0) is 14.1. The van der Waals surface area contributed by atoms with Gasteiger partial charge in [0.05, 0.1) is 6.04 Å². The number of nitrogens with one attached hydrogen (secondary N) is 1. The van der Waals surface area contributed by atoms with E-state index in [1.165, 1.54) is 0 Å². The molecule has 1 aromatic carbocycles. The lowest BCUT2D eigenvalue weighted by Crippen LogP contribution is -2.56. The van der Waals surface area contributed by atoms with Crippen molar-refractivity contribution in [2.45, 2.75) is 13.0 Å². The van der Waals surface area contributed by atoms with Gasteiger partial charge < -0.3 is 20.4 Å². The van der Waals surface area contributed by atoms with Gasteiger partial charge in [0.25, 0.3) is 5.91 Å². The highest BCUT2D eigenvalue weighted by Gasteiger charge is 2.28. The van der Waals surface area contributed by atoms with Gasteiger partial charge in [-0.1, -0.05) is 11.6 Å². The summed E-state index contributed by atoms with van der Waals surface area (Å²) in [5, 5.41) is 4.22. The third-order valence-corrected chi connectivity index (χ3v) is 3.77. The highest BCUT2D eigenvalue weighted by molar-refractivity contribution is 5.96. The fourth-order valence-electron chi connectivity index (χ4n) is 2.65. The van der Waals surface area contributed by atoms with E-state index >= 15 is 0 Å². The van der Waals surface area contributed by atoms with Crippen molar-refractivity contribution in [2.75, 3.05) is 26.2 Å². The van der Waals surface area contributed by atoms with Crippen LogP contribution in [0.4, 0.5) is 0 Å². The first-order chi connectivity index (χ1) is 9.69. The Morgan fingerprint density at radius 1 is 1.50 bits per heavy atom. The van der Waals surface area contributed by atoms with Gasteiger partial charge in [-0.15, -0.1) is 0 Å². The number of carbonyl (C=O) groups excluding carboxylic acids is 1. The Morgan fingerprint density at radius 3 is 3.15 bits per heavy atom. The normalized spacial score (nSPS) is 19.5. The number of nitrogens with two attached hydrogens (primary N) is 1. The predicted octanol–water partition coefficient (Wildman–Crippen LogP) is 1.11. The van der Waals surface area contributed by atoms with E-state index in [4.69, 9.17) is 10.2 Å². The van der Waals surface area contributed by atoms with Crippen LogP contribution in [-0.4, -0.2) is 43.0 Å². The Kier molecular flexibility index (Phi) is 3.46. The van der Waals surface area contributed by atoms with Gasteiger partial charge >= 0.3 is 0 Å². The van der Waals surface area contributed by atoms with Gasteiger partial charge in [0.2, 0.25) is 0 Å². The quantitative estimate of drug-likeness (QED) is 0.860. The average Bonchev–Trinajstić information content (AvgIpc) is 2.89. The highest BCUT2D eigenvalue weighted by atomic mass is 16.3. The van der Waals surface area contributed by atoms with Crippen LogP contribution in [0.3, 0.4) is 0 Å². The minimum Gasteiger partial charge on any atom is -0.451 e. The molecular weight excluding hydrogens is 254 g/mol. The molecule has 1 atom stereocenters. The highest BCUT2D eigenvalue weighted by Crippen LogP contribution is 2.22. The van der Waals surface area contributed by atoms with E-state index in [1.54, 1.807) is 4.90 Å². The number of nitrogens with zero attached hydrogens (tertiary/aromatic N) is 1. The summed E-state index contributed by atoms with van der Waals surface area (Å²) in [6.07, 6.45) is 0. The van der Waals surface area contributed by atoms with Crippen LogP contribution < -0.4 is 11.1 Å². The lowest BCUT2D eigenvalue weighted by atomic mass is 10.1. The van der Waals surface area contributed by atoms with Crippen LogP contribution in [0.1, 0.15) is 16.1 Å². The predicted molar refractivity (Wildman–Crippen MR) is 77.7 cm³/mol. The summed E-state index contributed by atoms with van der Waals surface area (Å²) < 4.78 is 5.68. The molecule has 0 spiro atoms. The Labute approximate surface area is 117 Å². The molecule has 5 heteroatoms. The Bertz CT molecular complexity index is 635. The molecule has 1 unspecified atom stereocenters. The van der Waals surface area contributed by atoms with Crippen molar-refractivity contribution in [1.82, 2.24) is 10.2 Å². The largest absolute Gasteiger partial charge is 0.451 e. The van der Waals surface area contributed by atoms with Crippen molar-refractivity contribution in [2.24, 2.45) is 5.73 Å². The summed E-state index contributed by atoms with van der Waals surface area (Å²) in [6, 6.07) is 7.76. The van der Waals surface area contributed by atoms with Crippen molar-refractivity contribution in [3.8, 4) is 0 Å². The number of fused-ring (bicyclic) bond motifs is 1. The summed E-state index contributed by atoms with van der Waals surface area (Å²) in [5.41, 5.74) is 7.64. The second-order valence-electron chi connectivity index (χ2n) is 5.24. The lowest BCUT2D eigenvalue weighted by molar-refractivity contribution is 0.0614. The Balaban J connectivity index is 1.91. The summed E-state index contributed by atoms with van der Waals surface area (Å²) in [6.45, 7) is 4.67. The van der Waals surface area contributed by atoms with Crippen molar-refractivity contribution in [3.05, 3.63) is 35.6 Å². The first-order valence-electron chi connectivity index (χ1n) is 6.91.